The summed E-state index contributed by atoms with van der Waals surface area (Å²) in [6.07, 6.45) is 4.66. The van der Waals surface area contributed by atoms with Crippen molar-refractivity contribution >= 4 is 6.03 Å². The Balaban J connectivity index is 1.71. The molecule has 31 heavy (non-hydrogen) atoms. The highest BCUT2D eigenvalue weighted by Gasteiger charge is 2.25. The molecule has 0 fully saturated rings. The van der Waals surface area contributed by atoms with Gasteiger partial charge in [-0.05, 0) is 42.0 Å². The maximum atomic E-state index is 14.2. The molecule has 0 aliphatic carbocycles. The molecule has 3 rings (SSSR count). The van der Waals surface area contributed by atoms with E-state index >= 15 is 0 Å². The van der Waals surface area contributed by atoms with Gasteiger partial charge in [0.15, 0.2) is 11.6 Å². The Morgan fingerprint density at radius 3 is 2.90 bits per heavy atom. The van der Waals surface area contributed by atoms with Gasteiger partial charge in [0.25, 0.3) is 0 Å². The van der Waals surface area contributed by atoms with Gasteiger partial charge >= 0.3 is 6.03 Å². The lowest BCUT2D eigenvalue weighted by molar-refractivity contribution is 0.186. The monoisotopic (exact) mass is 430 g/mol. The number of aliphatic hydroxyl groups excluding tert-OH is 1. The fourth-order valence-corrected chi connectivity index (χ4v) is 3.74. The number of amides is 2. The van der Waals surface area contributed by atoms with Crippen molar-refractivity contribution in [1.82, 2.24) is 20.2 Å². The molecule has 1 aromatic heterocycles. The third-order valence-corrected chi connectivity index (χ3v) is 5.58. The Kier molecular flexibility index (Phi) is 7.79. The van der Waals surface area contributed by atoms with Crippen molar-refractivity contribution < 1.29 is 19.0 Å². The van der Waals surface area contributed by atoms with E-state index in [0.717, 1.165) is 17.7 Å². The number of ether oxygens (including phenoxy) is 1. The number of aromatic nitrogens is 2. The van der Waals surface area contributed by atoms with Crippen LogP contribution in [-0.4, -0.2) is 46.3 Å². The topological polar surface area (TPSA) is 87.6 Å². The lowest BCUT2D eigenvalue weighted by Gasteiger charge is -2.30. The third-order valence-electron chi connectivity index (χ3n) is 5.58. The van der Waals surface area contributed by atoms with Gasteiger partial charge in [-0.15, -0.1) is 0 Å². The van der Waals surface area contributed by atoms with Crippen LogP contribution in [0.2, 0.25) is 0 Å². The molecule has 2 atom stereocenters. The predicted molar refractivity (Wildman–Crippen MR) is 115 cm³/mol. The average molecular weight is 431 g/mol. The largest absolute Gasteiger partial charge is 0.494 e. The summed E-state index contributed by atoms with van der Waals surface area (Å²) in [6, 6.07) is 4.32. The third kappa shape index (κ3) is 5.70. The van der Waals surface area contributed by atoms with Crippen LogP contribution in [0.5, 0.6) is 5.75 Å². The van der Waals surface area contributed by atoms with Crippen LogP contribution in [0.25, 0.3) is 0 Å². The van der Waals surface area contributed by atoms with Crippen LogP contribution in [0.4, 0.5) is 9.18 Å². The van der Waals surface area contributed by atoms with Crippen molar-refractivity contribution in [2.24, 2.45) is 5.92 Å². The number of hydrogen-bond acceptors (Lipinski definition) is 5. The maximum absolute atomic E-state index is 14.2. The standard InChI is InChI=1S/C23H31FN4O3/c1-4-5-19(16-6-7-21(31-3)18(24)11-16)27-23(30)28-9-8-17-12-25-22(10-15(2)14-29)26-20(17)13-28/h6-7,11-12,15,19,29H,4-5,8-10,13-14H2,1-3H3,(H,27,30)/t15-,19?/m1/s1. The Labute approximate surface area is 182 Å². The van der Waals surface area contributed by atoms with Crippen LogP contribution in [0.15, 0.2) is 24.4 Å². The number of carbonyl (C=O) groups excluding carboxylic acids is 1. The highest BCUT2D eigenvalue weighted by atomic mass is 19.1. The number of urea groups is 1. The Morgan fingerprint density at radius 1 is 1.42 bits per heavy atom. The quantitative estimate of drug-likeness (QED) is 0.670. The number of fused-ring (bicyclic) bond motifs is 1. The van der Waals surface area contributed by atoms with E-state index in [9.17, 15) is 14.3 Å². The molecule has 1 aliphatic rings. The van der Waals surface area contributed by atoms with Gasteiger partial charge in [0, 0.05) is 25.8 Å². The first-order chi connectivity index (χ1) is 14.9. The Bertz CT molecular complexity index is 908. The van der Waals surface area contributed by atoms with E-state index in [2.05, 4.69) is 15.3 Å². The maximum Gasteiger partial charge on any atom is 0.318 e. The molecular weight excluding hydrogens is 399 g/mol. The lowest BCUT2D eigenvalue weighted by atomic mass is 10.0. The molecule has 1 unspecified atom stereocenters. The van der Waals surface area contributed by atoms with Crippen LogP contribution >= 0.6 is 0 Å². The number of methoxy groups -OCH3 is 1. The van der Waals surface area contributed by atoms with Gasteiger partial charge in [0.05, 0.1) is 25.4 Å². The minimum atomic E-state index is -0.441. The van der Waals surface area contributed by atoms with Crippen LogP contribution in [0, 0.1) is 11.7 Å². The molecule has 0 saturated heterocycles. The fraction of sp³-hybridized carbons (Fsp3) is 0.522. The molecule has 8 heteroatoms. The second-order valence-corrected chi connectivity index (χ2v) is 8.11. The van der Waals surface area contributed by atoms with Crippen molar-refractivity contribution in [3.63, 3.8) is 0 Å². The second kappa shape index (κ2) is 10.5. The summed E-state index contributed by atoms with van der Waals surface area (Å²) in [4.78, 5) is 23.8. The van der Waals surface area contributed by atoms with Gasteiger partial charge in [-0.3, -0.25) is 0 Å². The number of carbonyl (C=O) groups is 1. The second-order valence-electron chi connectivity index (χ2n) is 8.11. The molecule has 2 aromatic rings. The summed E-state index contributed by atoms with van der Waals surface area (Å²) >= 11 is 0. The van der Waals surface area contributed by atoms with E-state index in [1.165, 1.54) is 13.2 Å². The molecule has 2 amide bonds. The summed E-state index contributed by atoms with van der Waals surface area (Å²) in [7, 11) is 1.43. The van der Waals surface area contributed by atoms with Gasteiger partial charge in [0.2, 0.25) is 0 Å². The SMILES string of the molecule is CCCC(NC(=O)N1CCc2cnc(C[C@@H](C)CO)nc2C1)c1ccc(OC)c(F)c1. The summed E-state index contributed by atoms with van der Waals surface area (Å²) in [6.45, 7) is 5.03. The Morgan fingerprint density at radius 2 is 2.23 bits per heavy atom. The normalized spacial score (nSPS) is 15.2. The molecule has 0 spiro atoms. The molecule has 0 bridgehead atoms. The smallest absolute Gasteiger partial charge is 0.318 e. The summed E-state index contributed by atoms with van der Waals surface area (Å²) < 4.78 is 19.2. The van der Waals surface area contributed by atoms with E-state index in [1.54, 1.807) is 17.0 Å². The van der Waals surface area contributed by atoms with Crippen molar-refractivity contribution in [2.45, 2.75) is 52.1 Å². The number of aliphatic hydroxyl groups is 1. The molecule has 7 nitrogen and oxygen atoms in total. The van der Waals surface area contributed by atoms with Gasteiger partial charge in [-0.1, -0.05) is 26.3 Å². The first-order valence-corrected chi connectivity index (χ1v) is 10.8. The zero-order valence-electron chi connectivity index (χ0n) is 18.4. The van der Waals surface area contributed by atoms with Crippen LogP contribution in [-0.2, 0) is 19.4 Å². The molecule has 0 radical (unpaired) electrons. The molecule has 2 N–H and O–H groups in total. The fourth-order valence-electron chi connectivity index (χ4n) is 3.74. The number of nitrogens with zero attached hydrogens (tertiary/aromatic N) is 3. The minimum absolute atomic E-state index is 0.0831. The first kappa shape index (κ1) is 22.9. The van der Waals surface area contributed by atoms with Gasteiger partial charge in [0.1, 0.15) is 5.82 Å². The predicted octanol–water partition coefficient (Wildman–Crippen LogP) is 3.40. The number of hydrogen-bond donors (Lipinski definition) is 2. The van der Waals surface area contributed by atoms with Gasteiger partial charge < -0.3 is 20.1 Å². The molecular formula is C23H31FN4O3. The van der Waals surface area contributed by atoms with Gasteiger partial charge in [-0.25, -0.2) is 19.2 Å². The number of halogens is 1. The zero-order valence-corrected chi connectivity index (χ0v) is 18.4. The van der Waals surface area contributed by atoms with Gasteiger partial charge in [-0.2, -0.15) is 0 Å². The molecule has 2 heterocycles. The lowest BCUT2D eigenvalue weighted by Crippen LogP contribution is -2.44. The highest BCUT2D eigenvalue weighted by molar-refractivity contribution is 5.75. The van der Waals surface area contributed by atoms with E-state index in [-0.39, 0.29) is 30.3 Å². The van der Waals surface area contributed by atoms with Crippen LogP contribution in [0.3, 0.4) is 0 Å². The molecule has 1 aliphatic heterocycles. The number of benzene rings is 1. The zero-order chi connectivity index (χ0) is 22.4. The highest BCUT2D eigenvalue weighted by Crippen LogP contribution is 2.25. The Hall–Kier alpha value is -2.74. The van der Waals surface area contributed by atoms with Crippen LogP contribution < -0.4 is 10.1 Å². The van der Waals surface area contributed by atoms with Crippen LogP contribution in [0.1, 0.15) is 55.4 Å². The van der Waals surface area contributed by atoms with E-state index in [0.29, 0.717) is 43.7 Å². The molecule has 168 valence electrons. The van der Waals surface area contributed by atoms with Crippen molar-refractivity contribution in [3.8, 4) is 5.75 Å². The summed E-state index contributed by atoms with van der Waals surface area (Å²) in [5.41, 5.74) is 2.61. The molecule has 1 aromatic carbocycles. The number of nitrogens with one attached hydrogen (secondary N) is 1. The van der Waals surface area contributed by atoms with E-state index in [4.69, 9.17) is 4.74 Å². The van der Waals surface area contributed by atoms with Crippen molar-refractivity contribution in [2.75, 3.05) is 20.3 Å². The number of rotatable bonds is 8. The van der Waals surface area contributed by atoms with Crippen molar-refractivity contribution in [1.29, 1.82) is 0 Å². The summed E-state index contributed by atoms with van der Waals surface area (Å²) in [5, 5.41) is 12.3. The minimum Gasteiger partial charge on any atom is -0.494 e. The van der Waals surface area contributed by atoms with E-state index < -0.39 is 5.82 Å². The molecule has 0 saturated carbocycles. The van der Waals surface area contributed by atoms with Crippen molar-refractivity contribution in [3.05, 3.63) is 52.9 Å². The average Bonchev–Trinajstić information content (AvgIpc) is 2.78. The first-order valence-electron chi connectivity index (χ1n) is 10.8. The summed E-state index contributed by atoms with van der Waals surface area (Å²) in [5.74, 6) is 0.508. The van der Waals surface area contributed by atoms with E-state index in [1.807, 2.05) is 20.0 Å².